The molecule has 0 aromatic heterocycles. The largest absolute Gasteiger partial charge is 0.184 e. The molecule has 4 heteroatoms. The van der Waals surface area contributed by atoms with Crippen LogP contribution in [-0.2, 0) is 0 Å². The summed E-state index contributed by atoms with van der Waals surface area (Å²) >= 11 is 0. The zero-order chi connectivity index (χ0) is 11.3. The summed E-state index contributed by atoms with van der Waals surface area (Å²) in [5.41, 5.74) is 6.54. The van der Waals surface area contributed by atoms with Crippen LogP contribution in [0, 0.1) is 102 Å². The van der Waals surface area contributed by atoms with Crippen molar-refractivity contribution in [3.63, 3.8) is 0 Å². The maximum Gasteiger partial charge on any atom is 0 e. The Kier molecular flexibility index (Phi) is 17.5. The van der Waals surface area contributed by atoms with Crippen LogP contribution in [0.2, 0.25) is 0 Å². The van der Waals surface area contributed by atoms with Gasteiger partial charge in [0.2, 0.25) is 0 Å². The van der Waals surface area contributed by atoms with Crippen LogP contribution < -0.4 is 0 Å². The summed E-state index contributed by atoms with van der Waals surface area (Å²) in [4.78, 5) is 0. The predicted octanol–water partition coefficient (Wildman–Crippen LogP) is 3.60. The van der Waals surface area contributed by atoms with E-state index in [4.69, 9.17) is 0 Å². The fourth-order valence-electron chi connectivity index (χ4n) is 1.40. The minimum atomic E-state index is 0. The maximum absolute atomic E-state index is 3.35. The Morgan fingerprint density at radius 1 is 0.875 bits per heavy atom. The minimum Gasteiger partial charge on any atom is -0.184 e. The molecule has 0 aliphatic rings. The van der Waals surface area contributed by atoms with Crippen molar-refractivity contribution in [2.24, 2.45) is 0 Å². The van der Waals surface area contributed by atoms with E-state index in [9.17, 15) is 0 Å². The van der Waals surface area contributed by atoms with Crippen LogP contribution >= 0.6 is 18.5 Å². The first-order valence-corrected chi connectivity index (χ1v) is 6.52. The molecule has 2 atom stereocenters. The van der Waals surface area contributed by atoms with E-state index in [1.807, 2.05) is 6.66 Å². The van der Waals surface area contributed by atoms with Crippen LogP contribution in [0.3, 0.4) is 0 Å². The van der Waals surface area contributed by atoms with Gasteiger partial charge in [-0.05, 0) is 0 Å². The average molecular weight is 702 g/mol. The average Bonchev–Trinajstić information content (AvgIpc) is 2.19. The van der Waals surface area contributed by atoms with Gasteiger partial charge in [0.15, 0.2) is 0 Å². The molecule has 0 aliphatic heterocycles. The Morgan fingerprint density at radius 2 is 1.19 bits per heavy atom. The number of benzene rings is 1. The fraction of sp³-hybridized carbons (Fsp3) is 0.417. The molecule has 2 unspecified atom stereocenters. The van der Waals surface area contributed by atoms with Crippen molar-refractivity contribution >= 4 is 18.5 Å². The quantitative estimate of drug-likeness (QED) is 0.311. The fourth-order valence-corrected chi connectivity index (χ4v) is 1.90. The number of hydrogen-bond acceptors (Lipinski definition) is 0. The third kappa shape index (κ3) is 6.29. The molecule has 16 heavy (non-hydrogen) atoms. The molecule has 1 aromatic rings. The molecule has 0 nitrogen and oxygen atoms in total. The van der Waals surface area contributed by atoms with Crippen LogP contribution in [0.5, 0.6) is 0 Å². The second-order valence-electron chi connectivity index (χ2n) is 3.21. The van der Waals surface area contributed by atoms with Crippen molar-refractivity contribution in [3.8, 4) is 0 Å². The molecule has 0 bridgehead atoms. The summed E-state index contributed by atoms with van der Waals surface area (Å²) < 4.78 is 0. The van der Waals surface area contributed by atoms with Gasteiger partial charge >= 0.3 is 0 Å². The first kappa shape index (κ1) is 23.2. The Hall–Kier alpha value is 2.05. The minimum absolute atomic E-state index is 0. The van der Waals surface area contributed by atoms with E-state index in [0.717, 1.165) is 0 Å². The smallest absolute Gasteiger partial charge is 0 e. The predicted molar refractivity (Wildman–Crippen MR) is 73.0 cm³/mol. The summed E-state index contributed by atoms with van der Waals surface area (Å²) in [5.74, 6) is 0. The summed E-state index contributed by atoms with van der Waals surface area (Å²) in [5, 5.41) is 0. The molecule has 0 aliphatic carbocycles. The van der Waals surface area contributed by atoms with Crippen molar-refractivity contribution in [3.05, 3.63) is 40.0 Å². The topological polar surface area (TPSA) is 0 Å². The van der Waals surface area contributed by atoms with E-state index in [-0.39, 0.29) is 62.2 Å². The van der Waals surface area contributed by atoms with Crippen LogP contribution in [0.25, 0.3) is 0 Å². The maximum atomic E-state index is 3.35. The van der Waals surface area contributed by atoms with Gasteiger partial charge in [-0.3, -0.25) is 0 Å². The van der Waals surface area contributed by atoms with E-state index < -0.39 is 0 Å². The third-order valence-corrected chi connectivity index (χ3v) is 2.81. The van der Waals surface area contributed by atoms with Gasteiger partial charge < -0.3 is 0 Å². The van der Waals surface area contributed by atoms with Gasteiger partial charge in [0.05, 0.1) is 0 Å². The Balaban J connectivity index is -0.000000399. The molecule has 0 N–H and O–H groups in total. The van der Waals surface area contributed by atoms with Gasteiger partial charge in [-0.15, -0.1) is 9.24 Å². The monoisotopic (exact) mass is 702 g/mol. The number of hydrogen-bond donors (Lipinski definition) is 0. The zero-order valence-electron chi connectivity index (χ0n) is 10.7. The molecule has 0 saturated heterocycles. The van der Waals surface area contributed by atoms with Crippen molar-refractivity contribution in [1.29, 1.82) is 0 Å². The number of aryl methyl sites for hydroxylation is 2. The number of rotatable bonds is 1. The van der Waals surface area contributed by atoms with Gasteiger partial charge in [0.25, 0.3) is 0 Å². The van der Waals surface area contributed by atoms with Crippen molar-refractivity contribution < 1.29 is 62.2 Å². The van der Waals surface area contributed by atoms with Gasteiger partial charge in [0, 0.05) is 62.2 Å². The molecule has 0 fully saturated rings. The normalized spacial score (nSPS) is 7.94. The molecule has 0 radical (unpaired) electrons. The molecule has 1 rings (SSSR count). The molecule has 1 aromatic carbocycles. The molecule has 0 saturated carbocycles. The molecular weight excluding hydrogens is 682 g/mol. The second-order valence-corrected chi connectivity index (χ2v) is 3.54. The van der Waals surface area contributed by atoms with Crippen molar-refractivity contribution in [1.82, 2.24) is 0 Å². The van der Waals surface area contributed by atoms with Gasteiger partial charge in [-0.25, -0.2) is 0 Å². The Morgan fingerprint density at radius 3 is 1.44 bits per heavy atom. The van der Waals surface area contributed by atoms with E-state index in [0.29, 0.717) is 0 Å². The first-order chi connectivity index (χ1) is 6.57. The summed E-state index contributed by atoms with van der Waals surface area (Å²) in [6.45, 7) is 10.4. The van der Waals surface area contributed by atoms with E-state index in [2.05, 4.69) is 58.4 Å². The molecule has 0 amide bonds. The van der Waals surface area contributed by atoms with Crippen molar-refractivity contribution in [2.45, 2.75) is 27.7 Å². The van der Waals surface area contributed by atoms with E-state index in [1.54, 1.807) is 0 Å². The van der Waals surface area contributed by atoms with E-state index >= 15 is 0 Å². The van der Waals surface area contributed by atoms with Crippen LogP contribution in [0.15, 0.2) is 0 Å². The molecule has 88 valence electrons. The summed E-state index contributed by atoms with van der Waals surface area (Å²) in [6.07, 6.45) is 2.10. The molecular formula is C12H20P2U2-2. The summed E-state index contributed by atoms with van der Waals surface area (Å²) in [7, 11) is 5.08. The zero-order valence-corrected chi connectivity index (χ0v) is 21.4. The van der Waals surface area contributed by atoms with Crippen LogP contribution in [0.1, 0.15) is 27.8 Å². The van der Waals surface area contributed by atoms with Gasteiger partial charge in [0.1, 0.15) is 0 Å². The van der Waals surface area contributed by atoms with E-state index in [1.165, 1.54) is 27.8 Å². The van der Waals surface area contributed by atoms with Crippen LogP contribution in [-0.4, -0.2) is 6.66 Å². The Bertz CT molecular complexity index is 286. The third-order valence-electron chi connectivity index (χ3n) is 2.47. The first-order valence-electron chi connectivity index (χ1n) is 4.70. The van der Waals surface area contributed by atoms with Crippen molar-refractivity contribution in [2.75, 3.05) is 6.66 Å². The second kappa shape index (κ2) is 12.1. The molecule has 0 heterocycles. The van der Waals surface area contributed by atoms with Gasteiger partial charge in [-0.2, -0.15) is 49.3 Å². The molecule has 0 spiro atoms. The Labute approximate surface area is 153 Å². The SMILES string of the molecule is CP.Cc1[c-]c(C)c(C)c([CH-]P)c1C.[U].[U]. The standard InChI is InChI=1S/C11H15P.CH5P.2U/c1-7-5-8(2)10(4)11(6-12)9(7)3;1-2;;/h6H,12H2,1-4H3;2H2,1H3;;/q-2;;;. The summed E-state index contributed by atoms with van der Waals surface area (Å²) in [6, 6.07) is 3.35. The van der Waals surface area contributed by atoms with Gasteiger partial charge in [-0.1, -0.05) is 34.4 Å². The van der Waals surface area contributed by atoms with Crippen LogP contribution in [0.4, 0.5) is 0 Å².